The molecule has 50 heavy (non-hydrogen) atoms. The lowest BCUT2D eigenvalue weighted by Gasteiger charge is -2.72. The number of hydrogen-bond acceptors (Lipinski definition) is 3. The third-order valence-electron chi connectivity index (χ3n) is 17.5. The van der Waals surface area contributed by atoms with E-state index >= 15 is 0 Å². The minimum atomic E-state index is -1.25. The van der Waals surface area contributed by atoms with E-state index in [-0.39, 0.29) is 33.2 Å². The van der Waals surface area contributed by atoms with Gasteiger partial charge in [-0.1, -0.05) is 58.9 Å². The number of aliphatic carboxylic acids is 1. The van der Waals surface area contributed by atoms with E-state index in [1.54, 1.807) is 0 Å². The lowest BCUT2D eigenvalue weighted by atomic mass is 9.33. The zero-order valence-corrected chi connectivity index (χ0v) is 32.3. The van der Waals surface area contributed by atoms with Crippen LogP contribution in [-0.4, -0.2) is 72.3 Å². The van der Waals surface area contributed by atoms with Crippen LogP contribution in [0.4, 0.5) is 9.18 Å². The lowest BCUT2D eigenvalue weighted by molar-refractivity contribution is -0.221. The number of alkyl halides is 1. The maximum atomic E-state index is 14.0. The van der Waals surface area contributed by atoms with E-state index in [1.165, 1.54) is 68.1 Å². The van der Waals surface area contributed by atoms with Gasteiger partial charge in [-0.25, -0.2) is 9.18 Å². The Labute approximate surface area is 301 Å². The van der Waals surface area contributed by atoms with Crippen LogP contribution < -0.4 is 5.32 Å². The lowest BCUT2D eigenvalue weighted by Crippen LogP contribution is -2.68. The predicted octanol–water partition coefficient (Wildman–Crippen LogP) is 9.04. The van der Waals surface area contributed by atoms with E-state index in [2.05, 4.69) is 65.6 Å². The second kappa shape index (κ2) is 12.2. The number of nitrogens with one attached hydrogen (secondary N) is 1. The van der Waals surface area contributed by atoms with E-state index in [9.17, 15) is 19.1 Å². The molecule has 0 aromatic carbocycles. The number of nitrogens with zero attached hydrogens (tertiary/aromatic N) is 2. The largest absolute Gasteiger partial charge is 0.481 e. The summed E-state index contributed by atoms with van der Waals surface area (Å²) in [6.45, 7) is 22.3. The monoisotopic (exact) mass is 692 g/mol. The quantitative estimate of drug-likeness (QED) is 0.249. The Morgan fingerprint density at radius 1 is 0.960 bits per heavy atom. The van der Waals surface area contributed by atoms with Gasteiger partial charge in [0.1, 0.15) is 6.67 Å². The smallest absolute Gasteiger partial charge is 0.319 e. The third-order valence-corrected chi connectivity index (χ3v) is 17.5. The van der Waals surface area contributed by atoms with Crippen LogP contribution in [0.5, 0.6) is 0 Å². The van der Waals surface area contributed by atoms with E-state index in [1.807, 2.05) is 16.8 Å². The van der Waals surface area contributed by atoms with Crippen molar-refractivity contribution >= 4 is 12.0 Å². The number of carboxylic acids is 1. The van der Waals surface area contributed by atoms with E-state index in [0.717, 1.165) is 32.6 Å². The van der Waals surface area contributed by atoms with Gasteiger partial charge >= 0.3 is 12.0 Å². The SMILES string of the molecule is C=C(C)C1CCC2(NCCN3CCN(C)C3=O)CCC3(C)C(CCC4C5(C)CC=C(C6=CCC(CF)(C(=O)O)CC6)C(C)(C)C5CCC43C)C12. The molecule has 5 fully saturated rings. The van der Waals surface area contributed by atoms with Crippen LogP contribution in [0.25, 0.3) is 0 Å². The fraction of sp³-hybridized carbons (Fsp3) is 0.814. The maximum Gasteiger partial charge on any atom is 0.319 e. The van der Waals surface area contributed by atoms with Gasteiger partial charge in [-0.15, -0.1) is 0 Å². The summed E-state index contributed by atoms with van der Waals surface area (Å²) in [6.07, 6.45) is 17.0. The van der Waals surface area contributed by atoms with Crippen molar-refractivity contribution < 1.29 is 19.1 Å². The summed E-state index contributed by atoms with van der Waals surface area (Å²) in [4.78, 5) is 28.5. The maximum absolute atomic E-state index is 14.0. The van der Waals surface area contributed by atoms with Gasteiger partial charge in [-0.3, -0.25) is 4.79 Å². The van der Waals surface area contributed by atoms with Gasteiger partial charge in [-0.2, -0.15) is 0 Å². The summed E-state index contributed by atoms with van der Waals surface area (Å²) in [5.74, 6) is 2.03. The summed E-state index contributed by atoms with van der Waals surface area (Å²) < 4.78 is 14.0. The van der Waals surface area contributed by atoms with Gasteiger partial charge < -0.3 is 20.2 Å². The van der Waals surface area contributed by atoms with Crippen LogP contribution in [0.15, 0.2) is 35.5 Å². The molecule has 1 heterocycles. The first-order valence-electron chi connectivity index (χ1n) is 20.1. The third kappa shape index (κ3) is 5.00. The van der Waals surface area contributed by atoms with Crippen molar-refractivity contribution in [3.05, 3.63) is 35.5 Å². The normalized spacial score (nSPS) is 45.2. The van der Waals surface area contributed by atoms with Crippen molar-refractivity contribution in [2.75, 3.05) is 39.9 Å². The molecule has 10 atom stereocenters. The average Bonchev–Trinajstić information content (AvgIpc) is 3.61. The summed E-state index contributed by atoms with van der Waals surface area (Å²) in [5, 5.41) is 14.0. The number of urea groups is 1. The molecule has 1 saturated heterocycles. The molecule has 7 rings (SSSR count). The molecule has 6 aliphatic carbocycles. The van der Waals surface area contributed by atoms with E-state index in [0.29, 0.717) is 48.9 Å². The molecule has 4 saturated carbocycles. The van der Waals surface area contributed by atoms with Crippen molar-refractivity contribution in [2.45, 2.75) is 124 Å². The van der Waals surface area contributed by atoms with Crippen molar-refractivity contribution in [1.82, 2.24) is 15.1 Å². The number of carbonyl (C=O) groups excluding carboxylic acids is 1. The molecule has 7 heteroatoms. The highest BCUT2D eigenvalue weighted by atomic mass is 19.1. The number of amides is 2. The number of rotatable bonds is 8. The highest BCUT2D eigenvalue weighted by molar-refractivity contribution is 5.76. The highest BCUT2D eigenvalue weighted by Gasteiger charge is 2.70. The summed E-state index contributed by atoms with van der Waals surface area (Å²) in [6, 6.07) is 0.166. The van der Waals surface area contributed by atoms with Crippen molar-refractivity contribution in [3.8, 4) is 0 Å². The molecular weight excluding hydrogens is 625 g/mol. The molecule has 0 spiro atoms. The number of carboxylic acid groups (broad SMARTS) is 1. The molecule has 10 unspecified atom stereocenters. The fourth-order valence-corrected chi connectivity index (χ4v) is 14.5. The molecule has 0 bridgehead atoms. The molecule has 0 aromatic rings. The van der Waals surface area contributed by atoms with Crippen LogP contribution in [0.1, 0.15) is 119 Å². The number of carbonyl (C=O) groups is 2. The minimum Gasteiger partial charge on any atom is -0.481 e. The standard InChI is InChI=1S/C43H66FN3O3/c1-28(2)30-13-20-43(45-23-24-47-26-25-46(8)37(47)50)22-21-40(6)32(35(30)43)9-10-34-39(5)16-14-31(38(3,4)33(39)15-17-41(34,40)7)29-11-18-42(27-44,19-12-29)36(48)49/h11,14,30,32-35,45H,1,9-10,12-13,15-27H2,2-8H3,(H,48,49). The summed E-state index contributed by atoms with van der Waals surface area (Å²) in [5.41, 5.74) is 3.64. The van der Waals surface area contributed by atoms with Gasteiger partial charge in [0, 0.05) is 38.8 Å². The first kappa shape index (κ1) is 36.2. The molecule has 278 valence electrons. The molecule has 2 amide bonds. The Morgan fingerprint density at radius 2 is 1.72 bits per heavy atom. The molecule has 7 aliphatic rings. The van der Waals surface area contributed by atoms with Gasteiger partial charge in [0.15, 0.2) is 0 Å². The van der Waals surface area contributed by atoms with E-state index in [4.69, 9.17) is 0 Å². The molecule has 2 N–H and O–H groups in total. The second-order valence-corrected chi connectivity index (χ2v) is 19.7. The molecule has 1 aliphatic heterocycles. The van der Waals surface area contributed by atoms with Gasteiger partial charge in [0.05, 0.1) is 5.41 Å². The Bertz CT molecular complexity index is 1490. The molecule has 0 radical (unpaired) electrons. The number of likely N-dealkylation sites (N-methyl/N-ethyl adjacent to an activating group) is 1. The van der Waals surface area contributed by atoms with Crippen molar-refractivity contribution in [1.29, 1.82) is 0 Å². The first-order chi connectivity index (χ1) is 23.5. The highest BCUT2D eigenvalue weighted by Crippen LogP contribution is 2.76. The van der Waals surface area contributed by atoms with Crippen LogP contribution >= 0.6 is 0 Å². The van der Waals surface area contributed by atoms with Gasteiger partial charge in [0.2, 0.25) is 0 Å². The number of fused-ring (bicyclic) bond motifs is 7. The van der Waals surface area contributed by atoms with Gasteiger partial charge in [-0.05, 0) is 146 Å². The average molecular weight is 692 g/mol. The first-order valence-corrected chi connectivity index (χ1v) is 20.1. The van der Waals surface area contributed by atoms with Crippen LogP contribution in [0.2, 0.25) is 0 Å². The summed E-state index contributed by atoms with van der Waals surface area (Å²) >= 11 is 0. The Morgan fingerprint density at radius 3 is 2.34 bits per heavy atom. The number of halogens is 1. The van der Waals surface area contributed by atoms with Gasteiger partial charge in [0.25, 0.3) is 0 Å². The predicted molar refractivity (Wildman–Crippen MR) is 198 cm³/mol. The Hall–Kier alpha value is -2.15. The molecule has 0 aromatic heterocycles. The fourth-order valence-electron chi connectivity index (χ4n) is 14.5. The summed E-state index contributed by atoms with van der Waals surface area (Å²) in [7, 11) is 1.91. The number of allylic oxidation sites excluding steroid dienone is 5. The molecular formula is C43H66FN3O3. The topological polar surface area (TPSA) is 72.9 Å². The number of hydrogen-bond donors (Lipinski definition) is 2. The Balaban J connectivity index is 1.15. The Kier molecular flexibility index (Phi) is 8.84. The zero-order valence-electron chi connectivity index (χ0n) is 32.3. The molecule has 6 nitrogen and oxygen atoms in total. The van der Waals surface area contributed by atoms with E-state index < -0.39 is 18.1 Å². The van der Waals surface area contributed by atoms with Crippen LogP contribution in [0, 0.1) is 56.7 Å². The second-order valence-electron chi connectivity index (χ2n) is 19.7. The van der Waals surface area contributed by atoms with Crippen LogP contribution in [-0.2, 0) is 4.79 Å². The minimum absolute atomic E-state index is 0.00940. The van der Waals surface area contributed by atoms with Crippen molar-refractivity contribution in [3.63, 3.8) is 0 Å². The van der Waals surface area contributed by atoms with Crippen molar-refractivity contribution in [2.24, 2.45) is 56.7 Å². The van der Waals surface area contributed by atoms with Crippen LogP contribution in [0.3, 0.4) is 0 Å². The zero-order chi connectivity index (χ0) is 36.1.